The average molecular weight is 365 g/mol. The van der Waals surface area contributed by atoms with Crippen molar-refractivity contribution in [3.05, 3.63) is 53.1 Å². The number of halogens is 6. The molecule has 25 heavy (non-hydrogen) atoms. The van der Waals surface area contributed by atoms with Crippen LogP contribution >= 0.6 is 0 Å². The summed E-state index contributed by atoms with van der Waals surface area (Å²) in [4.78, 5) is 12.0. The number of phenols is 2. The van der Waals surface area contributed by atoms with Gasteiger partial charge in [-0.3, -0.25) is 4.79 Å². The van der Waals surface area contributed by atoms with Crippen LogP contribution < -0.4 is 5.32 Å². The molecule has 0 fully saturated rings. The quantitative estimate of drug-likeness (QED) is 0.546. The van der Waals surface area contributed by atoms with Gasteiger partial charge >= 0.3 is 12.4 Å². The zero-order valence-corrected chi connectivity index (χ0v) is 12.0. The molecule has 0 radical (unpaired) electrons. The number of alkyl halides is 6. The molecule has 4 nitrogen and oxygen atoms in total. The Kier molecular flexibility index (Phi) is 4.56. The number of carbonyl (C=O) groups excluding carboxylic acids is 1. The highest BCUT2D eigenvalue weighted by Crippen LogP contribution is 2.37. The number of rotatable bonds is 2. The predicted octanol–water partition coefficient (Wildman–Crippen LogP) is 4.39. The van der Waals surface area contributed by atoms with E-state index < -0.39 is 52.1 Å². The molecule has 3 N–H and O–H groups in total. The molecule has 0 saturated carbocycles. The van der Waals surface area contributed by atoms with Crippen LogP contribution in [0.15, 0.2) is 36.4 Å². The molecular formula is C15H9F6NO3. The van der Waals surface area contributed by atoms with E-state index in [0.29, 0.717) is 12.1 Å². The summed E-state index contributed by atoms with van der Waals surface area (Å²) in [6.45, 7) is 0. The predicted molar refractivity (Wildman–Crippen MR) is 74.2 cm³/mol. The van der Waals surface area contributed by atoms with Gasteiger partial charge in [0.25, 0.3) is 5.91 Å². The van der Waals surface area contributed by atoms with Crippen molar-refractivity contribution in [2.75, 3.05) is 5.32 Å². The Bertz CT molecular complexity index is 782. The monoisotopic (exact) mass is 365 g/mol. The van der Waals surface area contributed by atoms with Crippen molar-refractivity contribution in [3.8, 4) is 11.5 Å². The lowest BCUT2D eigenvalue weighted by Gasteiger charge is -2.15. The van der Waals surface area contributed by atoms with Crippen molar-refractivity contribution >= 4 is 11.6 Å². The molecule has 0 aliphatic carbocycles. The van der Waals surface area contributed by atoms with E-state index in [1.54, 1.807) is 0 Å². The van der Waals surface area contributed by atoms with Gasteiger partial charge in [0, 0.05) is 5.69 Å². The van der Waals surface area contributed by atoms with Crippen molar-refractivity contribution in [2.24, 2.45) is 0 Å². The average Bonchev–Trinajstić information content (AvgIpc) is 2.47. The molecule has 0 aliphatic heterocycles. The molecule has 0 bridgehead atoms. The van der Waals surface area contributed by atoms with Crippen LogP contribution in [-0.2, 0) is 12.4 Å². The first-order valence-electron chi connectivity index (χ1n) is 6.51. The minimum absolute atomic E-state index is 0.0819. The number of hydrogen-bond donors (Lipinski definition) is 3. The Morgan fingerprint density at radius 2 is 1.36 bits per heavy atom. The fourth-order valence-corrected chi connectivity index (χ4v) is 1.93. The molecule has 0 saturated heterocycles. The smallest absolute Gasteiger partial charge is 0.416 e. The van der Waals surface area contributed by atoms with Gasteiger partial charge in [-0.05, 0) is 36.4 Å². The molecule has 0 atom stereocenters. The van der Waals surface area contributed by atoms with Crippen LogP contribution in [0.25, 0.3) is 0 Å². The number of benzene rings is 2. The third kappa shape index (κ3) is 4.34. The van der Waals surface area contributed by atoms with E-state index >= 15 is 0 Å². The molecule has 10 heteroatoms. The molecule has 0 aliphatic rings. The molecule has 0 heterocycles. The topological polar surface area (TPSA) is 69.6 Å². The molecule has 2 aromatic rings. The van der Waals surface area contributed by atoms with E-state index in [1.165, 1.54) is 0 Å². The second-order valence-electron chi connectivity index (χ2n) is 4.95. The number of carbonyl (C=O) groups is 1. The number of amides is 1. The Balaban J connectivity index is 2.45. The lowest BCUT2D eigenvalue weighted by Crippen LogP contribution is -2.16. The van der Waals surface area contributed by atoms with Gasteiger partial charge in [-0.2, -0.15) is 26.3 Å². The largest absolute Gasteiger partial charge is 0.508 e. The van der Waals surface area contributed by atoms with Gasteiger partial charge in [-0.15, -0.1) is 0 Å². The van der Waals surface area contributed by atoms with Gasteiger partial charge in [0.2, 0.25) is 0 Å². The molecule has 134 valence electrons. The van der Waals surface area contributed by atoms with E-state index in [2.05, 4.69) is 0 Å². The van der Waals surface area contributed by atoms with Crippen molar-refractivity contribution in [1.29, 1.82) is 0 Å². The van der Waals surface area contributed by atoms with E-state index in [1.807, 2.05) is 5.32 Å². The van der Waals surface area contributed by atoms with Crippen molar-refractivity contribution in [2.45, 2.75) is 12.4 Å². The summed E-state index contributed by atoms with van der Waals surface area (Å²) < 4.78 is 76.6. The molecule has 1 amide bonds. The fourth-order valence-electron chi connectivity index (χ4n) is 1.93. The lowest BCUT2D eigenvalue weighted by atomic mass is 10.1. The van der Waals surface area contributed by atoms with E-state index in [9.17, 15) is 41.4 Å². The summed E-state index contributed by atoms with van der Waals surface area (Å²) in [6.07, 6.45) is -10.1. The third-order valence-corrected chi connectivity index (χ3v) is 3.07. The Labute approximate surface area is 136 Å². The number of phenolic OH excluding ortho intramolecular Hbond substituents is 2. The highest BCUT2D eigenvalue weighted by molar-refractivity contribution is 6.06. The van der Waals surface area contributed by atoms with Crippen molar-refractivity contribution in [3.63, 3.8) is 0 Å². The number of anilines is 1. The second kappa shape index (κ2) is 6.19. The van der Waals surface area contributed by atoms with E-state index in [4.69, 9.17) is 0 Å². The Hall–Kier alpha value is -2.91. The van der Waals surface area contributed by atoms with Crippen LogP contribution in [0.4, 0.5) is 32.0 Å². The van der Waals surface area contributed by atoms with Gasteiger partial charge < -0.3 is 15.5 Å². The second-order valence-corrected chi connectivity index (χ2v) is 4.95. The maximum atomic E-state index is 12.8. The Morgan fingerprint density at radius 1 is 0.840 bits per heavy atom. The third-order valence-electron chi connectivity index (χ3n) is 3.07. The van der Waals surface area contributed by atoms with Gasteiger partial charge in [0.15, 0.2) is 0 Å². The van der Waals surface area contributed by atoms with Crippen molar-refractivity contribution < 1.29 is 41.4 Å². The van der Waals surface area contributed by atoms with E-state index in [0.717, 1.165) is 18.2 Å². The van der Waals surface area contributed by atoms with Crippen LogP contribution in [0.1, 0.15) is 21.5 Å². The zero-order valence-electron chi connectivity index (χ0n) is 12.0. The summed E-state index contributed by atoms with van der Waals surface area (Å²) in [7, 11) is 0. The molecule has 0 aromatic heterocycles. The summed E-state index contributed by atoms with van der Waals surface area (Å²) >= 11 is 0. The van der Waals surface area contributed by atoms with Crippen LogP contribution in [0.5, 0.6) is 11.5 Å². The first kappa shape index (κ1) is 18.4. The molecule has 2 aromatic carbocycles. The van der Waals surface area contributed by atoms with Gasteiger partial charge in [0.05, 0.1) is 16.7 Å². The SMILES string of the molecule is O=C(Nc1cc(C(F)(F)F)cc(C(F)(F)F)c1)c1cc(O)ccc1O. The maximum Gasteiger partial charge on any atom is 0.416 e. The molecule has 2 rings (SSSR count). The molecular weight excluding hydrogens is 356 g/mol. The number of aromatic hydroxyl groups is 2. The summed E-state index contributed by atoms with van der Waals surface area (Å²) in [5, 5.41) is 20.6. The summed E-state index contributed by atoms with van der Waals surface area (Å²) in [6, 6.07) is 3.36. The lowest BCUT2D eigenvalue weighted by molar-refractivity contribution is -0.143. The highest BCUT2D eigenvalue weighted by Gasteiger charge is 2.37. The highest BCUT2D eigenvalue weighted by atomic mass is 19.4. The molecule has 0 spiro atoms. The first-order valence-corrected chi connectivity index (χ1v) is 6.51. The summed E-state index contributed by atoms with van der Waals surface area (Å²) in [5.41, 5.74) is -4.49. The summed E-state index contributed by atoms with van der Waals surface area (Å²) in [5.74, 6) is -2.23. The van der Waals surface area contributed by atoms with Crippen LogP contribution in [0.2, 0.25) is 0 Å². The van der Waals surface area contributed by atoms with Gasteiger partial charge in [-0.25, -0.2) is 0 Å². The maximum absolute atomic E-state index is 12.8. The fraction of sp³-hybridized carbons (Fsp3) is 0.133. The zero-order chi connectivity index (χ0) is 19.0. The minimum atomic E-state index is -5.06. The minimum Gasteiger partial charge on any atom is -0.508 e. The van der Waals surface area contributed by atoms with Crippen LogP contribution in [-0.4, -0.2) is 16.1 Å². The van der Waals surface area contributed by atoms with Gasteiger partial charge in [0.1, 0.15) is 11.5 Å². The Morgan fingerprint density at radius 3 is 1.84 bits per heavy atom. The number of hydrogen-bond acceptors (Lipinski definition) is 3. The van der Waals surface area contributed by atoms with Gasteiger partial charge in [-0.1, -0.05) is 0 Å². The number of nitrogens with one attached hydrogen (secondary N) is 1. The van der Waals surface area contributed by atoms with Crippen LogP contribution in [0, 0.1) is 0 Å². The molecule has 0 unspecified atom stereocenters. The van der Waals surface area contributed by atoms with Crippen molar-refractivity contribution in [1.82, 2.24) is 0 Å². The first-order chi connectivity index (χ1) is 11.4. The van der Waals surface area contributed by atoms with E-state index in [-0.39, 0.29) is 6.07 Å². The normalized spacial score (nSPS) is 12.1. The van der Waals surface area contributed by atoms with Crippen LogP contribution in [0.3, 0.4) is 0 Å². The standard InChI is InChI=1S/C15H9F6NO3/c16-14(17,18)7-3-8(15(19,20)21)5-9(4-7)22-13(25)11-6-10(23)1-2-12(11)24/h1-6,23-24H,(H,22,25).